The van der Waals surface area contributed by atoms with Crippen molar-refractivity contribution in [2.24, 2.45) is 0 Å². The summed E-state index contributed by atoms with van der Waals surface area (Å²) in [6.07, 6.45) is -1.04. The van der Waals surface area contributed by atoms with Crippen molar-refractivity contribution < 1.29 is 14.3 Å². The minimum absolute atomic E-state index is 0.209. The maximum absolute atomic E-state index is 12.2. The molecule has 7 heteroatoms. The van der Waals surface area contributed by atoms with E-state index in [1.54, 1.807) is 19.1 Å². The normalized spacial score (nSPS) is 11.3. The lowest BCUT2D eigenvalue weighted by Crippen LogP contribution is -2.30. The van der Waals surface area contributed by atoms with Crippen LogP contribution in [-0.4, -0.2) is 18.0 Å². The second kappa shape index (κ2) is 7.69. The van der Waals surface area contributed by atoms with Gasteiger partial charge in [-0.15, -0.1) is 0 Å². The largest absolute Gasteiger partial charge is 0.449 e. The summed E-state index contributed by atoms with van der Waals surface area (Å²) in [6, 6.07) is 11.4. The van der Waals surface area contributed by atoms with Gasteiger partial charge in [-0.2, -0.15) is 5.26 Å². The van der Waals surface area contributed by atoms with E-state index in [1.165, 1.54) is 31.2 Å². The average molecular weight is 358 g/mol. The molecule has 0 unspecified atom stereocenters. The molecule has 0 saturated carbocycles. The number of ether oxygens (including phenoxy) is 1. The lowest BCUT2D eigenvalue weighted by atomic mass is 10.1. The summed E-state index contributed by atoms with van der Waals surface area (Å²) in [4.78, 5) is 24.4. The third-order valence-corrected chi connectivity index (χ3v) is 3.87. The van der Waals surface area contributed by atoms with E-state index in [9.17, 15) is 9.59 Å². The van der Waals surface area contributed by atoms with Crippen LogP contribution in [0.2, 0.25) is 5.02 Å². The smallest absolute Gasteiger partial charge is 0.341 e. The van der Waals surface area contributed by atoms with Crippen LogP contribution in [-0.2, 0) is 9.53 Å². The first-order valence-electron chi connectivity index (χ1n) is 7.40. The number of nitrogens with zero attached hydrogens (tertiary/aromatic N) is 1. The Morgan fingerprint density at radius 3 is 2.68 bits per heavy atom. The second-order valence-corrected chi connectivity index (χ2v) is 5.79. The van der Waals surface area contributed by atoms with Gasteiger partial charge in [-0.05, 0) is 43.7 Å². The first-order chi connectivity index (χ1) is 11.8. The molecule has 0 aromatic heterocycles. The van der Waals surface area contributed by atoms with Crippen LogP contribution in [0.4, 0.5) is 11.4 Å². The summed E-state index contributed by atoms with van der Waals surface area (Å²) in [5, 5.41) is 11.6. The van der Waals surface area contributed by atoms with Gasteiger partial charge in [-0.25, -0.2) is 4.79 Å². The molecule has 3 N–H and O–H groups in total. The number of anilines is 2. The van der Waals surface area contributed by atoms with Crippen LogP contribution < -0.4 is 11.1 Å². The van der Waals surface area contributed by atoms with Crippen molar-refractivity contribution in [1.82, 2.24) is 0 Å². The number of hydrogen-bond donors (Lipinski definition) is 2. The number of amides is 1. The summed E-state index contributed by atoms with van der Waals surface area (Å²) in [5.74, 6) is -1.21. The molecular formula is C18H16ClN3O3. The van der Waals surface area contributed by atoms with Gasteiger partial charge in [0.25, 0.3) is 5.91 Å². The fourth-order valence-corrected chi connectivity index (χ4v) is 2.29. The van der Waals surface area contributed by atoms with Crippen LogP contribution in [0.15, 0.2) is 36.4 Å². The standard InChI is InChI=1S/C18H16ClN3O3/c1-10-4-3-5-14(16(10)21)18(24)25-11(2)17(23)22-13-7-6-12(9-20)15(19)8-13/h3-8,11H,21H2,1-2H3,(H,22,23)/t11-/m1/s1. The highest BCUT2D eigenvalue weighted by Gasteiger charge is 2.21. The molecule has 128 valence electrons. The van der Waals surface area contributed by atoms with E-state index >= 15 is 0 Å². The molecular weight excluding hydrogens is 342 g/mol. The van der Waals surface area contributed by atoms with Crippen LogP contribution in [0, 0.1) is 18.3 Å². The Labute approximate surface area is 150 Å². The second-order valence-electron chi connectivity index (χ2n) is 5.38. The lowest BCUT2D eigenvalue weighted by molar-refractivity contribution is -0.123. The average Bonchev–Trinajstić information content (AvgIpc) is 2.57. The highest BCUT2D eigenvalue weighted by Crippen LogP contribution is 2.21. The molecule has 2 rings (SSSR count). The number of hydrogen-bond acceptors (Lipinski definition) is 5. The monoisotopic (exact) mass is 357 g/mol. The first kappa shape index (κ1) is 18.3. The molecule has 0 saturated heterocycles. The summed E-state index contributed by atoms with van der Waals surface area (Å²) in [7, 11) is 0. The zero-order valence-corrected chi connectivity index (χ0v) is 14.4. The van der Waals surface area contributed by atoms with Crippen molar-refractivity contribution in [1.29, 1.82) is 5.26 Å². The van der Waals surface area contributed by atoms with Crippen LogP contribution in [0.5, 0.6) is 0 Å². The van der Waals surface area contributed by atoms with E-state index in [0.29, 0.717) is 16.9 Å². The number of para-hydroxylation sites is 1. The zero-order chi connectivity index (χ0) is 18.6. The molecule has 0 spiro atoms. The van der Waals surface area contributed by atoms with Gasteiger partial charge in [-0.1, -0.05) is 23.7 Å². The molecule has 6 nitrogen and oxygen atoms in total. The Morgan fingerprint density at radius 2 is 2.04 bits per heavy atom. The van der Waals surface area contributed by atoms with Crippen molar-refractivity contribution in [2.75, 3.05) is 11.1 Å². The van der Waals surface area contributed by atoms with Crippen LogP contribution in [0.25, 0.3) is 0 Å². The lowest BCUT2D eigenvalue weighted by Gasteiger charge is -2.15. The minimum atomic E-state index is -1.04. The molecule has 2 aromatic carbocycles. The molecule has 0 aliphatic heterocycles. The van der Waals surface area contributed by atoms with Gasteiger partial charge in [0.15, 0.2) is 6.10 Å². The van der Waals surface area contributed by atoms with Crippen molar-refractivity contribution in [3.63, 3.8) is 0 Å². The molecule has 0 radical (unpaired) electrons. The number of nitrogens with one attached hydrogen (secondary N) is 1. The van der Waals surface area contributed by atoms with Crippen LogP contribution >= 0.6 is 11.6 Å². The molecule has 1 amide bonds. The molecule has 0 bridgehead atoms. The van der Waals surface area contributed by atoms with E-state index in [2.05, 4.69) is 5.32 Å². The summed E-state index contributed by atoms with van der Waals surface area (Å²) >= 11 is 5.92. The van der Waals surface area contributed by atoms with Crippen LogP contribution in [0.1, 0.15) is 28.4 Å². The highest BCUT2D eigenvalue weighted by atomic mass is 35.5. The van der Waals surface area contributed by atoms with Crippen molar-refractivity contribution in [3.05, 3.63) is 58.1 Å². The maximum Gasteiger partial charge on any atom is 0.341 e. The summed E-state index contributed by atoms with van der Waals surface area (Å²) < 4.78 is 5.17. The predicted octanol–water partition coefficient (Wildman–Crippen LogP) is 3.29. The van der Waals surface area contributed by atoms with Crippen LogP contribution in [0.3, 0.4) is 0 Å². The number of rotatable bonds is 4. The quantitative estimate of drug-likeness (QED) is 0.645. The molecule has 0 aliphatic rings. The zero-order valence-electron chi connectivity index (χ0n) is 13.7. The SMILES string of the molecule is Cc1cccc(C(=O)O[C@H](C)C(=O)Nc2ccc(C#N)c(Cl)c2)c1N. The molecule has 0 aliphatic carbocycles. The highest BCUT2D eigenvalue weighted by molar-refractivity contribution is 6.32. The maximum atomic E-state index is 12.2. The number of aryl methyl sites for hydroxylation is 1. The van der Waals surface area contributed by atoms with Gasteiger partial charge in [0.05, 0.1) is 16.1 Å². The van der Waals surface area contributed by atoms with Gasteiger partial charge in [-0.3, -0.25) is 4.79 Å². The number of nitrogens with two attached hydrogens (primary N) is 1. The van der Waals surface area contributed by atoms with Crippen molar-refractivity contribution in [2.45, 2.75) is 20.0 Å². The van der Waals surface area contributed by atoms with Gasteiger partial charge in [0, 0.05) is 11.4 Å². The summed E-state index contributed by atoms with van der Waals surface area (Å²) in [6.45, 7) is 3.22. The van der Waals surface area contributed by atoms with Gasteiger partial charge in [0.1, 0.15) is 6.07 Å². The number of esters is 1. The molecule has 0 fully saturated rings. The predicted molar refractivity (Wildman–Crippen MR) is 95.3 cm³/mol. The number of carbonyl (C=O) groups excluding carboxylic acids is 2. The third-order valence-electron chi connectivity index (χ3n) is 3.55. The van der Waals surface area contributed by atoms with Gasteiger partial charge >= 0.3 is 5.97 Å². The fourth-order valence-electron chi connectivity index (χ4n) is 2.06. The van der Waals surface area contributed by atoms with E-state index in [4.69, 9.17) is 27.3 Å². The Kier molecular flexibility index (Phi) is 5.63. The van der Waals surface area contributed by atoms with E-state index in [-0.39, 0.29) is 10.6 Å². The first-order valence-corrected chi connectivity index (χ1v) is 7.78. The molecule has 2 aromatic rings. The minimum Gasteiger partial charge on any atom is -0.449 e. The Balaban J connectivity index is 2.05. The number of nitriles is 1. The Morgan fingerprint density at radius 1 is 1.32 bits per heavy atom. The molecule has 25 heavy (non-hydrogen) atoms. The third kappa shape index (κ3) is 4.28. The summed E-state index contributed by atoms with van der Waals surface area (Å²) in [5.41, 5.74) is 7.83. The van der Waals surface area contributed by atoms with E-state index in [0.717, 1.165) is 5.56 Å². The van der Waals surface area contributed by atoms with Crippen molar-refractivity contribution >= 4 is 34.9 Å². The number of halogens is 1. The Hall–Kier alpha value is -3.04. The fraction of sp³-hybridized carbons (Fsp3) is 0.167. The molecule has 0 heterocycles. The Bertz CT molecular complexity index is 874. The van der Waals surface area contributed by atoms with Crippen molar-refractivity contribution in [3.8, 4) is 6.07 Å². The van der Waals surface area contributed by atoms with Gasteiger partial charge in [0.2, 0.25) is 0 Å². The number of benzene rings is 2. The topological polar surface area (TPSA) is 105 Å². The number of carbonyl (C=O) groups is 2. The molecule has 1 atom stereocenters. The number of nitrogen functional groups attached to an aromatic ring is 1. The van der Waals surface area contributed by atoms with Gasteiger partial charge < -0.3 is 15.8 Å². The van der Waals surface area contributed by atoms with E-state index < -0.39 is 18.0 Å². The van der Waals surface area contributed by atoms with E-state index in [1.807, 2.05) is 6.07 Å².